The number of H-pyrrole nitrogens is 1. The van der Waals surface area contributed by atoms with E-state index in [0.29, 0.717) is 28.5 Å². The van der Waals surface area contributed by atoms with E-state index in [4.69, 9.17) is 19.2 Å². The van der Waals surface area contributed by atoms with E-state index >= 15 is 0 Å². The molecular formula is C26H24N8O6S2. The Kier molecular flexibility index (Phi) is 9.18. The molecule has 0 aliphatic carbocycles. The van der Waals surface area contributed by atoms with Gasteiger partial charge in [-0.15, -0.1) is 10.2 Å². The summed E-state index contributed by atoms with van der Waals surface area (Å²) in [5.41, 5.74) is 1.26. The van der Waals surface area contributed by atoms with E-state index < -0.39 is 10.0 Å². The number of rotatable bonds is 13. The molecule has 0 saturated heterocycles. The van der Waals surface area contributed by atoms with E-state index in [1.54, 1.807) is 60.8 Å². The molecule has 0 spiro atoms. The quantitative estimate of drug-likeness (QED) is 0.166. The third-order valence-electron chi connectivity index (χ3n) is 5.54. The number of nitrogens with one attached hydrogen (secondary N) is 2. The van der Waals surface area contributed by atoms with Gasteiger partial charge in [-0.1, -0.05) is 42.3 Å². The second-order valence-corrected chi connectivity index (χ2v) is 11.0. The van der Waals surface area contributed by atoms with Crippen LogP contribution < -0.4 is 18.3 Å². The molecule has 216 valence electrons. The zero-order valence-electron chi connectivity index (χ0n) is 22.0. The summed E-state index contributed by atoms with van der Waals surface area (Å²) in [4.78, 5) is 13.7. The number of aromatic amines is 1. The van der Waals surface area contributed by atoms with Crippen LogP contribution in [0, 0.1) is 0 Å². The normalized spacial score (nSPS) is 11.3. The Morgan fingerprint density at radius 2 is 1.79 bits per heavy atom. The molecule has 0 aliphatic rings. The number of ether oxygens (including phenoxy) is 3. The molecule has 0 aliphatic heterocycles. The summed E-state index contributed by atoms with van der Waals surface area (Å²) in [6.07, 6.45) is 1.54. The van der Waals surface area contributed by atoms with Crippen molar-refractivity contribution >= 4 is 22.0 Å². The molecule has 0 atom stereocenters. The number of aliphatic hydroxyl groups excluding tert-OH is 1. The highest BCUT2D eigenvalue weighted by Gasteiger charge is 2.23. The third kappa shape index (κ3) is 6.80. The summed E-state index contributed by atoms with van der Waals surface area (Å²) in [5.74, 6) is 1.46. The number of benzene rings is 2. The van der Waals surface area contributed by atoms with Gasteiger partial charge in [0.05, 0.1) is 24.4 Å². The van der Waals surface area contributed by atoms with Crippen molar-refractivity contribution in [1.29, 1.82) is 0 Å². The number of pyridine rings is 1. The molecule has 5 aromatic rings. The molecule has 0 unspecified atom stereocenters. The van der Waals surface area contributed by atoms with E-state index in [1.807, 2.05) is 0 Å². The lowest BCUT2D eigenvalue weighted by atomic mass is 10.2. The van der Waals surface area contributed by atoms with E-state index in [1.165, 1.54) is 19.2 Å². The average Bonchev–Trinajstić information content (AvgIpc) is 3.57. The van der Waals surface area contributed by atoms with Crippen molar-refractivity contribution in [3.63, 3.8) is 0 Å². The second kappa shape index (κ2) is 13.3. The number of hydrogen-bond donors (Lipinski definition) is 3. The minimum Gasteiger partial charge on any atom is -0.493 e. The first-order valence-corrected chi connectivity index (χ1v) is 14.8. The van der Waals surface area contributed by atoms with Crippen molar-refractivity contribution in [2.45, 2.75) is 10.6 Å². The van der Waals surface area contributed by atoms with Crippen LogP contribution in [0.15, 0.2) is 77.8 Å². The van der Waals surface area contributed by atoms with Gasteiger partial charge in [-0.25, -0.2) is 13.4 Å². The van der Waals surface area contributed by atoms with Gasteiger partial charge in [0.25, 0.3) is 5.88 Å². The molecule has 2 aromatic carbocycles. The molecule has 5 rings (SSSR count). The Labute approximate surface area is 244 Å². The van der Waals surface area contributed by atoms with E-state index in [2.05, 4.69) is 34.7 Å². The van der Waals surface area contributed by atoms with Gasteiger partial charge in [-0.3, -0.25) is 4.98 Å². The molecule has 0 bridgehead atoms. The maximum absolute atomic E-state index is 12.8. The fraction of sp³-hybridized carbons (Fsp3) is 0.154. The van der Waals surface area contributed by atoms with Crippen molar-refractivity contribution in [2.75, 3.05) is 20.3 Å². The second-order valence-electron chi connectivity index (χ2n) is 8.31. The van der Waals surface area contributed by atoms with Gasteiger partial charge in [0.15, 0.2) is 17.3 Å². The van der Waals surface area contributed by atoms with Crippen LogP contribution >= 0.6 is 11.9 Å². The van der Waals surface area contributed by atoms with E-state index in [0.717, 1.165) is 11.9 Å². The number of tetrazole rings is 1. The zero-order chi connectivity index (χ0) is 29.4. The molecule has 42 heavy (non-hydrogen) atoms. The summed E-state index contributed by atoms with van der Waals surface area (Å²) in [5, 5.41) is 23.4. The lowest BCUT2D eigenvalue weighted by Gasteiger charge is -2.17. The summed E-state index contributed by atoms with van der Waals surface area (Å²) >= 11 is 0.891. The number of hydrogen-bond acceptors (Lipinski definition) is 13. The molecule has 0 fully saturated rings. The maximum atomic E-state index is 12.8. The van der Waals surface area contributed by atoms with Crippen molar-refractivity contribution < 1.29 is 27.7 Å². The predicted octanol–water partition coefficient (Wildman–Crippen LogP) is 3.02. The van der Waals surface area contributed by atoms with Gasteiger partial charge in [-0.05, 0) is 41.6 Å². The molecule has 0 radical (unpaired) electrons. The van der Waals surface area contributed by atoms with Gasteiger partial charge in [0.1, 0.15) is 18.0 Å². The Morgan fingerprint density at radius 3 is 2.52 bits per heavy atom. The lowest BCUT2D eigenvalue weighted by molar-refractivity contribution is 0.192. The summed E-state index contributed by atoms with van der Waals surface area (Å²) in [6.45, 7) is -0.373. The molecule has 14 nitrogen and oxygen atoms in total. The largest absolute Gasteiger partial charge is 0.493 e. The van der Waals surface area contributed by atoms with E-state index in [-0.39, 0.29) is 47.1 Å². The minimum absolute atomic E-state index is 0.0182. The van der Waals surface area contributed by atoms with Crippen LogP contribution in [0.2, 0.25) is 0 Å². The van der Waals surface area contributed by atoms with Crippen LogP contribution in [-0.2, 0) is 15.8 Å². The molecule has 0 amide bonds. The number of sulfonamides is 1. The van der Waals surface area contributed by atoms with E-state index in [9.17, 15) is 13.5 Å². The first-order valence-electron chi connectivity index (χ1n) is 12.3. The average molecular weight is 609 g/mol. The first-order chi connectivity index (χ1) is 20.5. The Bertz CT molecular complexity index is 1740. The number of para-hydroxylation sites is 2. The number of aromatic nitrogens is 7. The number of aliphatic hydroxyl groups is 1. The van der Waals surface area contributed by atoms with Crippen LogP contribution in [0.5, 0.6) is 23.1 Å². The summed E-state index contributed by atoms with van der Waals surface area (Å²) < 4.78 is 45.6. The third-order valence-corrected chi connectivity index (χ3v) is 8.20. The number of nitrogens with zero attached hydrogens (tertiary/aromatic N) is 6. The SMILES string of the molecule is COc1ccccc1Oc1c(CSNS(=O)(=O)c2ccccc2)nc(-c2ccnc(-c3nn[nH]n3)c2)nc1OCCO. The van der Waals surface area contributed by atoms with Crippen LogP contribution in [0.3, 0.4) is 0 Å². The van der Waals surface area contributed by atoms with Crippen molar-refractivity contribution in [3.8, 4) is 46.0 Å². The Morgan fingerprint density at radius 1 is 1.00 bits per heavy atom. The lowest BCUT2D eigenvalue weighted by Crippen LogP contribution is -2.17. The minimum atomic E-state index is -3.82. The Hall–Kier alpha value is -4.64. The summed E-state index contributed by atoms with van der Waals surface area (Å²) in [6, 6.07) is 18.3. The topological polar surface area (TPSA) is 187 Å². The summed E-state index contributed by atoms with van der Waals surface area (Å²) in [7, 11) is -2.31. The van der Waals surface area contributed by atoms with Gasteiger partial charge in [-0.2, -0.15) is 14.3 Å². The molecular weight excluding hydrogens is 584 g/mol. The van der Waals surface area contributed by atoms with Crippen molar-refractivity contribution in [2.24, 2.45) is 0 Å². The molecule has 16 heteroatoms. The molecule has 3 heterocycles. The van der Waals surface area contributed by atoms with Gasteiger partial charge >= 0.3 is 0 Å². The first kappa shape index (κ1) is 28.9. The zero-order valence-corrected chi connectivity index (χ0v) is 23.7. The van der Waals surface area contributed by atoms with Crippen LogP contribution in [-0.4, -0.2) is 69.4 Å². The van der Waals surface area contributed by atoms with Crippen LogP contribution in [0.25, 0.3) is 22.9 Å². The fourth-order valence-corrected chi connectivity index (χ4v) is 5.73. The highest BCUT2D eigenvalue weighted by Crippen LogP contribution is 2.39. The van der Waals surface area contributed by atoms with Crippen molar-refractivity contribution in [1.82, 2.24) is 39.7 Å². The Balaban J connectivity index is 1.55. The fourth-order valence-electron chi connectivity index (χ4n) is 3.64. The van der Waals surface area contributed by atoms with Gasteiger partial charge < -0.3 is 19.3 Å². The molecule has 0 saturated carbocycles. The standard InChI is InChI=1S/C26H24N8O6S2/c1-38-21-9-5-6-10-22(21)40-23-20(16-41-34-42(36,37)18-7-3-2-4-8-18)28-24(29-26(23)39-14-13-35)17-11-12-27-19(15-17)25-30-32-33-31-25/h2-12,15,34-35H,13-14,16H2,1H3,(H,30,31,32,33). The molecule has 3 aromatic heterocycles. The number of methoxy groups -OCH3 is 1. The van der Waals surface area contributed by atoms with Crippen LogP contribution in [0.1, 0.15) is 5.69 Å². The monoisotopic (exact) mass is 608 g/mol. The van der Waals surface area contributed by atoms with Crippen LogP contribution in [0.4, 0.5) is 0 Å². The highest BCUT2D eigenvalue weighted by atomic mass is 32.3. The smallest absolute Gasteiger partial charge is 0.261 e. The maximum Gasteiger partial charge on any atom is 0.261 e. The van der Waals surface area contributed by atoms with Gasteiger partial charge in [0.2, 0.25) is 21.6 Å². The predicted molar refractivity (Wildman–Crippen MR) is 152 cm³/mol. The van der Waals surface area contributed by atoms with Crippen molar-refractivity contribution in [3.05, 3.63) is 78.6 Å². The highest BCUT2D eigenvalue weighted by molar-refractivity contribution is 8.08. The van der Waals surface area contributed by atoms with Gasteiger partial charge in [0, 0.05) is 11.8 Å². The molecule has 3 N–H and O–H groups in total.